The summed E-state index contributed by atoms with van der Waals surface area (Å²) in [7, 11) is 1.83. The van der Waals surface area contributed by atoms with Gasteiger partial charge in [-0.05, 0) is 30.2 Å². The molecule has 1 fully saturated rings. The highest BCUT2D eigenvalue weighted by Crippen LogP contribution is 2.27. The molecule has 1 aromatic rings. The zero-order valence-electron chi connectivity index (χ0n) is 11.0. The number of nitrogens with zero attached hydrogens (tertiary/aromatic N) is 1. The van der Waals surface area contributed by atoms with Crippen molar-refractivity contribution in [1.82, 2.24) is 10.6 Å². The Hall–Kier alpha value is -0.300. The molecule has 1 aliphatic carbocycles. The maximum atomic E-state index is 4.24. The fourth-order valence-corrected chi connectivity index (χ4v) is 2.49. The van der Waals surface area contributed by atoms with Crippen LogP contribution in [0.5, 0.6) is 0 Å². The molecule has 18 heavy (non-hydrogen) atoms. The van der Waals surface area contributed by atoms with Crippen molar-refractivity contribution in [2.75, 3.05) is 20.1 Å². The third-order valence-electron chi connectivity index (χ3n) is 3.08. The van der Waals surface area contributed by atoms with Gasteiger partial charge in [-0.2, -0.15) is 0 Å². The molecule has 3 nitrogen and oxygen atoms in total. The predicted molar refractivity (Wildman–Crippen MR) is 90.2 cm³/mol. The number of aliphatic imine (C=N–C) groups is 1. The van der Waals surface area contributed by atoms with E-state index < -0.39 is 0 Å². The Bertz CT molecular complexity index is 360. The minimum absolute atomic E-state index is 0. The molecule has 2 N–H and O–H groups in total. The van der Waals surface area contributed by atoms with Gasteiger partial charge in [0.25, 0.3) is 0 Å². The molecule has 1 aromatic heterocycles. The lowest BCUT2D eigenvalue weighted by Gasteiger charge is -2.14. The van der Waals surface area contributed by atoms with Crippen LogP contribution in [0.2, 0.25) is 0 Å². The highest BCUT2D eigenvalue weighted by molar-refractivity contribution is 14.0. The zero-order chi connectivity index (χ0) is 12.1. The zero-order valence-corrected chi connectivity index (χ0v) is 14.1. The maximum Gasteiger partial charge on any atom is 0.191 e. The van der Waals surface area contributed by atoms with Gasteiger partial charge in [-0.3, -0.25) is 4.99 Å². The molecule has 1 saturated carbocycles. The number of hydrogen-bond donors (Lipinski definition) is 2. The monoisotopic (exact) mass is 379 g/mol. The van der Waals surface area contributed by atoms with Crippen LogP contribution in [0.4, 0.5) is 0 Å². The Balaban J connectivity index is 0.00000162. The van der Waals surface area contributed by atoms with Crippen molar-refractivity contribution in [2.45, 2.75) is 25.7 Å². The molecule has 0 amide bonds. The maximum absolute atomic E-state index is 4.24. The van der Waals surface area contributed by atoms with E-state index >= 15 is 0 Å². The third kappa shape index (κ3) is 5.14. The lowest BCUT2D eigenvalue weighted by atomic mass is 10.1. The first-order valence-electron chi connectivity index (χ1n) is 6.27. The summed E-state index contributed by atoms with van der Waals surface area (Å²) in [5.41, 5.74) is 0. The van der Waals surface area contributed by atoms with Gasteiger partial charge in [0.2, 0.25) is 0 Å². The van der Waals surface area contributed by atoms with E-state index in [0.717, 1.165) is 25.0 Å². The van der Waals surface area contributed by atoms with E-state index in [9.17, 15) is 0 Å². The van der Waals surface area contributed by atoms with E-state index in [4.69, 9.17) is 0 Å². The van der Waals surface area contributed by atoms with Gasteiger partial charge in [0.15, 0.2) is 5.96 Å². The predicted octanol–water partition coefficient (Wildman–Crippen LogP) is 3.04. The van der Waals surface area contributed by atoms with Crippen molar-refractivity contribution >= 4 is 41.3 Å². The van der Waals surface area contributed by atoms with Gasteiger partial charge < -0.3 is 10.6 Å². The first-order chi connectivity index (χ1) is 8.29. The molecule has 0 radical (unpaired) electrons. The third-order valence-corrected chi connectivity index (χ3v) is 4.19. The van der Waals surface area contributed by atoms with Crippen molar-refractivity contribution in [3.8, 4) is 0 Å². The van der Waals surface area contributed by atoms with Gasteiger partial charge in [0.1, 0.15) is 0 Å². The summed E-state index contributed by atoms with van der Waals surface area (Å²) >= 11 is 1.82. The molecule has 0 bridgehead atoms. The smallest absolute Gasteiger partial charge is 0.191 e. The van der Waals surface area contributed by atoms with Crippen molar-refractivity contribution in [3.05, 3.63) is 22.4 Å². The van der Waals surface area contributed by atoms with Crippen LogP contribution in [0.3, 0.4) is 0 Å². The largest absolute Gasteiger partial charge is 0.356 e. The Labute approximate surface area is 130 Å². The van der Waals surface area contributed by atoms with Crippen LogP contribution in [0.15, 0.2) is 22.5 Å². The molecule has 102 valence electrons. The first-order valence-corrected chi connectivity index (χ1v) is 7.15. The van der Waals surface area contributed by atoms with E-state index in [-0.39, 0.29) is 24.0 Å². The Morgan fingerprint density at radius 1 is 1.50 bits per heavy atom. The molecule has 0 aromatic carbocycles. The molecule has 1 heterocycles. The first kappa shape index (κ1) is 15.8. The molecule has 1 aliphatic rings. The lowest BCUT2D eigenvalue weighted by Crippen LogP contribution is -2.39. The average Bonchev–Trinajstić information content (AvgIpc) is 3.01. The summed E-state index contributed by atoms with van der Waals surface area (Å²) in [6, 6.07) is 4.30. The van der Waals surface area contributed by atoms with Gasteiger partial charge in [0.05, 0.1) is 0 Å². The Kier molecular flexibility index (Phi) is 6.99. The van der Waals surface area contributed by atoms with E-state index in [1.54, 1.807) is 0 Å². The number of nitrogens with one attached hydrogen (secondary N) is 2. The number of guanidine groups is 1. The Morgan fingerprint density at radius 3 is 2.83 bits per heavy atom. The summed E-state index contributed by atoms with van der Waals surface area (Å²) in [6.45, 7) is 4.24. The SMILES string of the molecule is CN=C(NCC1CC1)NCC(C)c1cccs1.I. The topological polar surface area (TPSA) is 36.4 Å². The van der Waals surface area contributed by atoms with Crippen LogP contribution in [0, 0.1) is 5.92 Å². The van der Waals surface area contributed by atoms with Crippen LogP contribution >= 0.6 is 35.3 Å². The van der Waals surface area contributed by atoms with Crippen molar-refractivity contribution in [1.29, 1.82) is 0 Å². The van der Waals surface area contributed by atoms with Gasteiger partial charge in [0, 0.05) is 30.9 Å². The van der Waals surface area contributed by atoms with E-state index in [0.29, 0.717) is 5.92 Å². The minimum atomic E-state index is 0. The van der Waals surface area contributed by atoms with Gasteiger partial charge in [-0.15, -0.1) is 35.3 Å². The molecule has 0 saturated heterocycles. The number of hydrogen-bond acceptors (Lipinski definition) is 2. The van der Waals surface area contributed by atoms with Crippen molar-refractivity contribution in [3.63, 3.8) is 0 Å². The van der Waals surface area contributed by atoms with Gasteiger partial charge >= 0.3 is 0 Å². The van der Waals surface area contributed by atoms with Crippen LogP contribution in [0.25, 0.3) is 0 Å². The molecular weight excluding hydrogens is 357 g/mol. The van der Waals surface area contributed by atoms with E-state index in [2.05, 4.69) is 40.1 Å². The fraction of sp³-hybridized carbons (Fsp3) is 0.615. The molecule has 0 aliphatic heterocycles. The molecule has 5 heteroatoms. The molecule has 2 rings (SSSR count). The summed E-state index contributed by atoms with van der Waals surface area (Å²) in [5, 5.41) is 8.89. The summed E-state index contributed by atoms with van der Waals surface area (Å²) in [5.74, 6) is 2.35. The van der Waals surface area contributed by atoms with Crippen LogP contribution in [0.1, 0.15) is 30.6 Å². The summed E-state index contributed by atoms with van der Waals surface area (Å²) in [6.07, 6.45) is 2.74. The lowest BCUT2D eigenvalue weighted by molar-refractivity contribution is 0.692. The molecule has 1 atom stereocenters. The second-order valence-electron chi connectivity index (χ2n) is 4.69. The molecular formula is C13H22IN3S. The minimum Gasteiger partial charge on any atom is -0.356 e. The molecule has 1 unspecified atom stereocenters. The number of thiophene rings is 1. The van der Waals surface area contributed by atoms with Crippen molar-refractivity contribution in [2.24, 2.45) is 10.9 Å². The van der Waals surface area contributed by atoms with Gasteiger partial charge in [-0.1, -0.05) is 13.0 Å². The second kappa shape index (κ2) is 7.99. The fourth-order valence-electron chi connectivity index (χ4n) is 1.71. The summed E-state index contributed by atoms with van der Waals surface area (Å²) in [4.78, 5) is 5.66. The Morgan fingerprint density at radius 2 is 2.28 bits per heavy atom. The quantitative estimate of drug-likeness (QED) is 0.469. The van der Waals surface area contributed by atoms with Gasteiger partial charge in [-0.25, -0.2) is 0 Å². The molecule has 0 spiro atoms. The highest BCUT2D eigenvalue weighted by atomic mass is 127. The normalized spacial score (nSPS) is 16.9. The average molecular weight is 379 g/mol. The number of halogens is 1. The number of rotatable bonds is 5. The highest BCUT2D eigenvalue weighted by Gasteiger charge is 2.21. The van der Waals surface area contributed by atoms with Crippen LogP contribution < -0.4 is 10.6 Å². The standard InChI is InChI=1S/C13H21N3S.HI/c1-10(12-4-3-7-17-12)8-15-13(14-2)16-9-11-5-6-11;/h3-4,7,10-11H,5-6,8-9H2,1-2H3,(H2,14,15,16);1H. The van der Waals surface area contributed by atoms with E-state index in [1.165, 1.54) is 17.7 Å². The van der Waals surface area contributed by atoms with E-state index in [1.807, 2.05) is 18.4 Å². The van der Waals surface area contributed by atoms with Crippen molar-refractivity contribution < 1.29 is 0 Å². The van der Waals surface area contributed by atoms with Crippen LogP contribution in [-0.2, 0) is 0 Å². The summed E-state index contributed by atoms with van der Waals surface area (Å²) < 4.78 is 0. The van der Waals surface area contributed by atoms with Crippen LogP contribution in [-0.4, -0.2) is 26.1 Å². The second-order valence-corrected chi connectivity index (χ2v) is 5.67.